The first-order valence-corrected chi connectivity index (χ1v) is 8.97. The molecule has 0 saturated carbocycles. The van der Waals surface area contributed by atoms with E-state index >= 15 is 0 Å². The maximum atomic E-state index is 12.4. The van der Waals surface area contributed by atoms with Gasteiger partial charge >= 0.3 is 5.97 Å². The van der Waals surface area contributed by atoms with Crippen molar-refractivity contribution in [2.24, 2.45) is 0 Å². The number of nitrogens with one attached hydrogen (secondary N) is 1. The number of anilines is 1. The average molecular weight is 378 g/mol. The van der Waals surface area contributed by atoms with E-state index < -0.39 is 17.4 Å². The molecule has 1 N–H and O–H groups in total. The van der Waals surface area contributed by atoms with Crippen molar-refractivity contribution in [3.63, 3.8) is 0 Å². The van der Waals surface area contributed by atoms with Crippen LogP contribution in [0.1, 0.15) is 45.5 Å². The van der Waals surface area contributed by atoms with Gasteiger partial charge in [0, 0.05) is 22.7 Å². The Hall–Kier alpha value is -2.59. The second kappa shape index (κ2) is 6.73. The third-order valence-electron chi connectivity index (χ3n) is 3.36. The van der Waals surface area contributed by atoms with Crippen LogP contribution in [0.25, 0.3) is 4.96 Å². The quantitative estimate of drug-likeness (QED) is 0.699. The number of esters is 1. The lowest BCUT2D eigenvalue weighted by atomic mass is 10.1. The van der Waals surface area contributed by atoms with E-state index in [1.165, 1.54) is 40.4 Å². The molecule has 0 bridgehead atoms. The highest BCUT2D eigenvalue weighted by Crippen LogP contribution is 2.30. The summed E-state index contributed by atoms with van der Waals surface area (Å²) < 4.78 is 6.03. The summed E-state index contributed by atoms with van der Waals surface area (Å²) >= 11 is 2.47. The van der Waals surface area contributed by atoms with Gasteiger partial charge in [-0.3, -0.25) is 19.3 Å². The molecule has 8 nitrogen and oxygen atoms in total. The maximum Gasteiger partial charge on any atom is 0.357 e. The van der Waals surface area contributed by atoms with Gasteiger partial charge in [-0.25, -0.2) is 14.8 Å². The maximum absolute atomic E-state index is 12.4. The number of hydrogen-bond acceptors (Lipinski definition) is 8. The smallest absolute Gasteiger partial charge is 0.357 e. The van der Waals surface area contributed by atoms with Crippen molar-refractivity contribution in [2.75, 3.05) is 12.4 Å². The predicted molar refractivity (Wildman–Crippen MR) is 94.8 cm³/mol. The molecule has 1 amide bonds. The molecule has 0 fully saturated rings. The molecule has 0 spiro atoms. The van der Waals surface area contributed by atoms with Gasteiger partial charge in [0.05, 0.1) is 7.11 Å². The zero-order valence-electron chi connectivity index (χ0n) is 13.6. The minimum atomic E-state index is -0.626. The van der Waals surface area contributed by atoms with Crippen LogP contribution >= 0.6 is 22.7 Å². The molecule has 25 heavy (non-hydrogen) atoms. The largest absolute Gasteiger partial charge is 0.464 e. The number of amides is 1. The van der Waals surface area contributed by atoms with Crippen LogP contribution in [0.15, 0.2) is 22.6 Å². The fourth-order valence-electron chi connectivity index (χ4n) is 2.16. The molecule has 0 aliphatic heterocycles. The minimum absolute atomic E-state index is 0.0340. The van der Waals surface area contributed by atoms with Crippen molar-refractivity contribution in [3.05, 3.63) is 44.3 Å². The molecule has 3 heterocycles. The summed E-state index contributed by atoms with van der Waals surface area (Å²) in [5.41, 5.74) is -0.393. The third kappa shape index (κ3) is 3.17. The third-order valence-corrected chi connectivity index (χ3v) is 5.41. The van der Waals surface area contributed by atoms with Crippen molar-refractivity contribution in [2.45, 2.75) is 19.8 Å². The van der Waals surface area contributed by atoms with E-state index in [0.29, 0.717) is 9.84 Å². The van der Waals surface area contributed by atoms with Gasteiger partial charge in [0.1, 0.15) is 5.56 Å². The number of rotatable bonds is 4. The average Bonchev–Trinajstić information content (AvgIpc) is 3.21. The van der Waals surface area contributed by atoms with E-state index in [1.807, 2.05) is 13.8 Å². The molecule has 0 atom stereocenters. The lowest BCUT2D eigenvalue weighted by Gasteiger charge is -2.02. The first-order valence-electron chi connectivity index (χ1n) is 7.27. The summed E-state index contributed by atoms with van der Waals surface area (Å²) in [6, 6.07) is 0. The molecule has 0 radical (unpaired) electrons. The van der Waals surface area contributed by atoms with Crippen LogP contribution in [0.2, 0.25) is 0 Å². The fraction of sp³-hybridized carbons (Fsp3) is 0.267. The predicted octanol–water partition coefficient (Wildman–Crippen LogP) is 2.37. The molecular weight excluding hydrogens is 364 g/mol. The summed E-state index contributed by atoms with van der Waals surface area (Å²) in [7, 11) is 1.27. The van der Waals surface area contributed by atoms with E-state index in [-0.39, 0.29) is 22.3 Å². The Morgan fingerprint density at radius 3 is 2.80 bits per heavy atom. The number of nitrogens with zero attached hydrogens (tertiary/aromatic N) is 3. The van der Waals surface area contributed by atoms with Crippen LogP contribution in [0.3, 0.4) is 0 Å². The van der Waals surface area contributed by atoms with Crippen molar-refractivity contribution in [1.29, 1.82) is 0 Å². The molecular formula is C15H14N4O4S2. The second-order valence-corrected chi connectivity index (χ2v) is 7.27. The van der Waals surface area contributed by atoms with E-state index in [2.05, 4.69) is 15.3 Å². The highest BCUT2D eigenvalue weighted by Gasteiger charge is 2.23. The molecule has 3 rings (SSSR count). The number of carbonyl (C=O) groups is 2. The van der Waals surface area contributed by atoms with Crippen LogP contribution in [0.5, 0.6) is 0 Å². The topological polar surface area (TPSA) is 103 Å². The first kappa shape index (κ1) is 17.2. The number of ether oxygens (including phenoxy) is 1. The van der Waals surface area contributed by atoms with Gasteiger partial charge in [-0.1, -0.05) is 13.8 Å². The van der Waals surface area contributed by atoms with Crippen molar-refractivity contribution in [1.82, 2.24) is 14.4 Å². The van der Waals surface area contributed by atoms with Gasteiger partial charge in [-0.15, -0.1) is 22.7 Å². The molecule has 3 aromatic heterocycles. The van der Waals surface area contributed by atoms with Crippen LogP contribution in [0, 0.1) is 0 Å². The molecule has 0 saturated heterocycles. The van der Waals surface area contributed by atoms with Gasteiger partial charge in [0.25, 0.3) is 11.5 Å². The van der Waals surface area contributed by atoms with Gasteiger partial charge in [0.2, 0.25) is 0 Å². The summed E-state index contributed by atoms with van der Waals surface area (Å²) in [6.45, 7) is 3.82. The minimum Gasteiger partial charge on any atom is -0.464 e. The van der Waals surface area contributed by atoms with Crippen LogP contribution in [-0.2, 0) is 4.74 Å². The monoisotopic (exact) mass is 378 g/mol. The van der Waals surface area contributed by atoms with Gasteiger partial charge in [-0.2, -0.15) is 0 Å². The molecule has 130 valence electrons. The van der Waals surface area contributed by atoms with Crippen molar-refractivity contribution in [3.8, 4) is 0 Å². The summed E-state index contributed by atoms with van der Waals surface area (Å²) in [6.07, 6.45) is 2.80. The number of thiazole rings is 2. The Morgan fingerprint density at radius 2 is 2.12 bits per heavy atom. The summed E-state index contributed by atoms with van der Waals surface area (Å²) in [5, 5.41) is 4.50. The molecule has 0 aromatic carbocycles. The van der Waals surface area contributed by atoms with Crippen molar-refractivity contribution >= 4 is 44.6 Å². The van der Waals surface area contributed by atoms with Crippen LogP contribution in [-0.4, -0.2) is 33.4 Å². The van der Waals surface area contributed by atoms with Gasteiger partial charge < -0.3 is 4.74 Å². The standard InChI is InChI=1S/C15H14N4O4S2/c1-7(2)10-9(13(22)23-3)17-14(25-10)18-11(20)8-6-16-15-19(12(8)21)4-5-24-15/h4-7H,1-3H3,(H,17,18,20). The fourth-order valence-corrected chi connectivity index (χ4v) is 3.79. The molecule has 3 aromatic rings. The van der Waals surface area contributed by atoms with Crippen LogP contribution < -0.4 is 10.9 Å². The van der Waals surface area contributed by atoms with E-state index in [0.717, 1.165) is 0 Å². The van der Waals surface area contributed by atoms with Crippen molar-refractivity contribution < 1.29 is 14.3 Å². The van der Waals surface area contributed by atoms with E-state index in [4.69, 9.17) is 4.74 Å². The zero-order valence-corrected chi connectivity index (χ0v) is 15.2. The number of hydrogen-bond donors (Lipinski definition) is 1. The van der Waals surface area contributed by atoms with E-state index in [1.54, 1.807) is 11.6 Å². The Kier molecular flexibility index (Phi) is 4.64. The normalized spacial score (nSPS) is 11.0. The molecule has 0 aliphatic rings. The lowest BCUT2D eigenvalue weighted by molar-refractivity contribution is 0.0593. The number of aromatic nitrogens is 3. The lowest BCUT2D eigenvalue weighted by Crippen LogP contribution is -2.25. The second-order valence-electron chi connectivity index (χ2n) is 5.36. The Balaban J connectivity index is 1.93. The molecule has 10 heteroatoms. The first-order chi connectivity index (χ1) is 11.9. The highest BCUT2D eigenvalue weighted by molar-refractivity contribution is 7.16. The van der Waals surface area contributed by atoms with E-state index in [9.17, 15) is 14.4 Å². The zero-order chi connectivity index (χ0) is 18.1. The number of carbonyl (C=O) groups excluding carboxylic acids is 2. The Labute approximate surface area is 150 Å². The number of fused-ring (bicyclic) bond motifs is 1. The highest BCUT2D eigenvalue weighted by atomic mass is 32.1. The number of methoxy groups -OCH3 is 1. The Morgan fingerprint density at radius 1 is 1.36 bits per heavy atom. The van der Waals surface area contributed by atoms with Crippen LogP contribution in [0.4, 0.5) is 5.13 Å². The Bertz CT molecular complexity index is 1020. The summed E-state index contributed by atoms with van der Waals surface area (Å²) in [4.78, 5) is 46.0. The summed E-state index contributed by atoms with van der Waals surface area (Å²) in [5.74, 6) is -1.16. The van der Waals surface area contributed by atoms with Gasteiger partial charge in [0.15, 0.2) is 15.8 Å². The SMILES string of the molecule is COC(=O)c1nc(NC(=O)c2cnc3sccn3c2=O)sc1C(C)C. The molecule has 0 aliphatic carbocycles. The van der Waals surface area contributed by atoms with Gasteiger partial charge in [-0.05, 0) is 5.92 Å². The molecule has 0 unspecified atom stereocenters.